The number of benzene rings is 2. The van der Waals surface area contributed by atoms with Crippen molar-refractivity contribution in [2.24, 2.45) is 0 Å². The highest BCUT2D eigenvalue weighted by Gasteiger charge is 2.09. The monoisotopic (exact) mass is 347 g/mol. The van der Waals surface area contributed by atoms with Gasteiger partial charge in [0.1, 0.15) is 17.0 Å². The molecule has 124 valence electrons. The SMILES string of the molecule is COC(=O)CCOc1ccc(Oc2nc3ccc(Cl)cc3o2)cc1. The molecule has 0 aliphatic rings. The van der Waals surface area contributed by atoms with Crippen molar-refractivity contribution in [1.29, 1.82) is 0 Å². The maximum atomic E-state index is 11.0. The first-order valence-corrected chi connectivity index (χ1v) is 7.55. The lowest BCUT2D eigenvalue weighted by Gasteiger charge is -2.06. The molecule has 6 nitrogen and oxygen atoms in total. The summed E-state index contributed by atoms with van der Waals surface area (Å²) in [4.78, 5) is 15.2. The Labute approximate surface area is 142 Å². The average molecular weight is 348 g/mol. The lowest BCUT2D eigenvalue weighted by molar-refractivity contribution is -0.141. The van der Waals surface area contributed by atoms with Gasteiger partial charge < -0.3 is 18.6 Å². The minimum atomic E-state index is -0.314. The van der Waals surface area contributed by atoms with Gasteiger partial charge in [0.2, 0.25) is 0 Å². The van der Waals surface area contributed by atoms with Gasteiger partial charge in [-0.25, -0.2) is 0 Å². The molecular weight excluding hydrogens is 334 g/mol. The molecule has 1 heterocycles. The van der Waals surface area contributed by atoms with Gasteiger partial charge in [0.15, 0.2) is 5.58 Å². The molecular formula is C17H14ClNO5. The number of nitrogens with zero attached hydrogens (tertiary/aromatic N) is 1. The summed E-state index contributed by atoms with van der Waals surface area (Å²) in [5.74, 6) is 0.856. The summed E-state index contributed by atoms with van der Waals surface area (Å²) in [5.41, 5.74) is 1.22. The summed E-state index contributed by atoms with van der Waals surface area (Å²) in [6.45, 7) is 0.249. The zero-order chi connectivity index (χ0) is 16.9. The molecule has 3 rings (SSSR count). The van der Waals surface area contributed by atoms with Gasteiger partial charge in [-0.05, 0) is 36.4 Å². The van der Waals surface area contributed by atoms with Crippen molar-refractivity contribution in [3.63, 3.8) is 0 Å². The molecule has 0 spiro atoms. The number of fused-ring (bicyclic) bond motifs is 1. The maximum absolute atomic E-state index is 11.0. The Morgan fingerprint density at radius 1 is 1.17 bits per heavy atom. The van der Waals surface area contributed by atoms with Gasteiger partial charge in [-0.3, -0.25) is 4.79 Å². The van der Waals surface area contributed by atoms with Crippen LogP contribution in [0.3, 0.4) is 0 Å². The first-order valence-electron chi connectivity index (χ1n) is 7.17. The third-order valence-corrected chi connectivity index (χ3v) is 3.40. The summed E-state index contributed by atoms with van der Waals surface area (Å²) in [6, 6.07) is 12.1. The molecule has 1 aromatic heterocycles. The van der Waals surface area contributed by atoms with Crippen molar-refractivity contribution in [2.45, 2.75) is 6.42 Å². The lowest BCUT2D eigenvalue weighted by atomic mass is 10.3. The van der Waals surface area contributed by atoms with Crippen LogP contribution in [-0.4, -0.2) is 24.7 Å². The number of hydrogen-bond acceptors (Lipinski definition) is 6. The fourth-order valence-corrected chi connectivity index (χ4v) is 2.14. The van der Waals surface area contributed by atoms with Gasteiger partial charge in [-0.1, -0.05) is 11.6 Å². The topological polar surface area (TPSA) is 70.8 Å². The molecule has 2 aromatic carbocycles. The maximum Gasteiger partial charge on any atom is 0.400 e. The number of carbonyl (C=O) groups excluding carboxylic acids is 1. The van der Waals surface area contributed by atoms with Crippen LogP contribution in [0.4, 0.5) is 0 Å². The number of esters is 1. The van der Waals surface area contributed by atoms with Crippen molar-refractivity contribution in [2.75, 3.05) is 13.7 Å². The van der Waals surface area contributed by atoms with Gasteiger partial charge in [0, 0.05) is 11.1 Å². The van der Waals surface area contributed by atoms with E-state index in [9.17, 15) is 4.79 Å². The van der Waals surface area contributed by atoms with E-state index >= 15 is 0 Å². The largest absolute Gasteiger partial charge is 0.493 e. The molecule has 0 atom stereocenters. The van der Waals surface area contributed by atoms with Crippen molar-refractivity contribution >= 4 is 28.7 Å². The van der Waals surface area contributed by atoms with Crippen LogP contribution in [0.2, 0.25) is 5.02 Å². The van der Waals surface area contributed by atoms with Crippen molar-refractivity contribution in [1.82, 2.24) is 4.98 Å². The quantitative estimate of drug-likeness (QED) is 0.622. The Bertz CT molecular complexity index is 844. The van der Waals surface area contributed by atoms with Crippen LogP contribution in [0.25, 0.3) is 11.1 Å². The van der Waals surface area contributed by atoms with Gasteiger partial charge in [-0.15, -0.1) is 0 Å². The van der Waals surface area contributed by atoms with Gasteiger partial charge >= 0.3 is 12.0 Å². The molecule has 7 heteroatoms. The van der Waals surface area contributed by atoms with E-state index in [1.54, 1.807) is 42.5 Å². The molecule has 0 aliphatic carbocycles. The van der Waals surface area contributed by atoms with Crippen LogP contribution in [0.5, 0.6) is 17.6 Å². The molecule has 0 saturated carbocycles. The third-order valence-electron chi connectivity index (χ3n) is 3.16. The minimum absolute atomic E-state index is 0.131. The predicted octanol–water partition coefficient (Wildman–Crippen LogP) is 4.22. The van der Waals surface area contributed by atoms with Gasteiger partial charge in [0.05, 0.1) is 20.1 Å². The van der Waals surface area contributed by atoms with E-state index in [1.165, 1.54) is 7.11 Å². The number of carbonyl (C=O) groups is 1. The number of ether oxygens (including phenoxy) is 3. The van der Waals surface area contributed by atoms with E-state index in [-0.39, 0.29) is 25.1 Å². The number of aromatic nitrogens is 1. The summed E-state index contributed by atoms with van der Waals surface area (Å²) < 4.78 is 21.0. The summed E-state index contributed by atoms with van der Waals surface area (Å²) >= 11 is 5.90. The Morgan fingerprint density at radius 2 is 1.92 bits per heavy atom. The van der Waals surface area contributed by atoms with Crippen LogP contribution in [-0.2, 0) is 9.53 Å². The molecule has 0 unspecified atom stereocenters. The minimum Gasteiger partial charge on any atom is -0.493 e. The van der Waals surface area contributed by atoms with Gasteiger partial charge in [-0.2, -0.15) is 4.98 Å². The Morgan fingerprint density at radius 3 is 2.67 bits per heavy atom. The molecule has 0 N–H and O–H groups in total. The fraction of sp³-hybridized carbons (Fsp3) is 0.176. The van der Waals surface area contributed by atoms with Crippen molar-refractivity contribution in [3.8, 4) is 17.6 Å². The molecule has 3 aromatic rings. The highest BCUT2D eigenvalue weighted by atomic mass is 35.5. The van der Waals surface area contributed by atoms with Gasteiger partial charge in [0.25, 0.3) is 0 Å². The first-order chi connectivity index (χ1) is 11.6. The molecule has 24 heavy (non-hydrogen) atoms. The van der Waals surface area contributed by atoms with Crippen molar-refractivity contribution < 1.29 is 23.4 Å². The number of methoxy groups -OCH3 is 1. The second kappa shape index (κ2) is 7.23. The number of oxazole rings is 1. The van der Waals surface area contributed by atoms with Crippen LogP contribution in [0.1, 0.15) is 6.42 Å². The zero-order valence-electron chi connectivity index (χ0n) is 12.8. The summed E-state index contributed by atoms with van der Waals surface area (Å²) in [7, 11) is 1.34. The highest BCUT2D eigenvalue weighted by molar-refractivity contribution is 6.31. The van der Waals surface area contributed by atoms with Crippen LogP contribution in [0, 0.1) is 0 Å². The van der Waals surface area contributed by atoms with E-state index in [2.05, 4.69) is 9.72 Å². The molecule has 0 fully saturated rings. The number of hydrogen-bond donors (Lipinski definition) is 0. The summed E-state index contributed by atoms with van der Waals surface area (Å²) in [6.07, 6.45) is 0.326. The number of halogens is 1. The normalized spacial score (nSPS) is 10.6. The fourth-order valence-electron chi connectivity index (χ4n) is 1.98. The van der Waals surface area contributed by atoms with Crippen molar-refractivity contribution in [3.05, 3.63) is 47.5 Å². The molecule has 0 radical (unpaired) electrons. The third kappa shape index (κ3) is 3.97. The molecule has 0 aliphatic heterocycles. The Kier molecular flexibility index (Phi) is 4.86. The smallest absolute Gasteiger partial charge is 0.400 e. The van der Waals surface area contributed by atoms with E-state index in [4.69, 9.17) is 25.5 Å². The summed E-state index contributed by atoms with van der Waals surface area (Å²) in [5, 5.41) is 0.568. The number of rotatable bonds is 6. The zero-order valence-corrected chi connectivity index (χ0v) is 13.6. The Hall–Kier alpha value is -2.73. The standard InChI is InChI=1S/C17H14ClNO5/c1-21-16(20)8-9-22-12-3-5-13(6-4-12)23-17-19-14-7-2-11(18)10-15(14)24-17/h2-7,10H,8-9H2,1H3. The van der Waals surface area contributed by atoms with E-state index in [0.717, 1.165) is 0 Å². The van der Waals surface area contributed by atoms with E-state index in [1.807, 2.05) is 0 Å². The molecule has 0 saturated heterocycles. The second-order valence-corrected chi connectivity index (χ2v) is 5.28. The second-order valence-electron chi connectivity index (χ2n) is 4.84. The molecule has 0 amide bonds. The average Bonchev–Trinajstić information content (AvgIpc) is 2.97. The van der Waals surface area contributed by atoms with Crippen LogP contribution < -0.4 is 9.47 Å². The van der Waals surface area contributed by atoms with E-state index < -0.39 is 0 Å². The lowest BCUT2D eigenvalue weighted by Crippen LogP contribution is -2.07. The highest BCUT2D eigenvalue weighted by Crippen LogP contribution is 2.28. The first kappa shape index (κ1) is 16.1. The van der Waals surface area contributed by atoms with E-state index in [0.29, 0.717) is 27.6 Å². The van der Waals surface area contributed by atoms with Crippen LogP contribution in [0.15, 0.2) is 46.9 Å². The van der Waals surface area contributed by atoms with Crippen LogP contribution >= 0.6 is 11.6 Å². The molecule has 0 bridgehead atoms. The predicted molar refractivity (Wildman–Crippen MR) is 87.7 cm³/mol. The Balaban J connectivity index is 1.61.